The standard InChI is InChI=1S/C21H20N4OS/c1-21(2,3)16-6-4-14(5-7-16)17-18(15-8-10-22-11-9-15)27-20(24-17)25-13-12-23-19(25)26/h4-13H,1-3H3,(H,23,26). The van der Waals surface area contributed by atoms with Crippen LogP contribution < -0.4 is 5.69 Å². The fourth-order valence-electron chi connectivity index (χ4n) is 2.91. The zero-order valence-corrected chi connectivity index (χ0v) is 16.2. The number of imidazole rings is 1. The van der Waals surface area contributed by atoms with Crippen molar-refractivity contribution in [1.29, 1.82) is 0 Å². The molecule has 0 aliphatic rings. The van der Waals surface area contributed by atoms with E-state index in [2.05, 4.69) is 55.0 Å². The van der Waals surface area contributed by atoms with Crippen LogP contribution in [0.5, 0.6) is 0 Å². The van der Waals surface area contributed by atoms with E-state index in [1.807, 2.05) is 12.1 Å². The van der Waals surface area contributed by atoms with Gasteiger partial charge in [0, 0.05) is 30.4 Å². The van der Waals surface area contributed by atoms with Gasteiger partial charge in [0.15, 0.2) is 5.13 Å². The van der Waals surface area contributed by atoms with Crippen molar-refractivity contribution in [3.8, 4) is 26.8 Å². The lowest BCUT2D eigenvalue weighted by Crippen LogP contribution is -2.13. The quantitative estimate of drug-likeness (QED) is 0.566. The van der Waals surface area contributed by atoms with Gasteiger partial charge < -0.3 is 4.98 Å². The van der Waals surface area contributed by atoms with Gasteiger partial charge in [0.25, 0.3) is 0 Å². The summed E-state index contributed by atoms with van der Waals surface area (Å²) in [7, 11) is 0. The van der Waals surface area contributed by atoms with Gasteiger partial charge in [0.2, 0.25) is 0 Å². The molecule has 4 rings (SSSR count). The molecule has 0 atom stereocenters. The molecule has 0 aliphatic heterocycles. The molecule has 0 saturated heterocycles. The lowest BCUT2D eigenvalue weighted by Gasteiger charge is -2.19. The summed E-state index contributed by atoms with van der Waals surface area (Å²) in [6.07, 6.45) is 6.85. The Morgan fingerprint density at radius 3 is 2.30 bits per heavy atom. The fourth-order valence-corrected chi connectivity index (χ4v) is 3.98. The number of benzene rings is 1. The molecule has 0 unspecified atom stereocenters. The van der Waals surface area contributed by atoms with Crippen LogP contribution in [0, 0.1) is 0 Å². The van der Waals surface area contributed by atoms with Crippen LogP contribution in [-0.2, 0) is 5.41 Å². The Morgan fingerprint density at radius 2 is 1.70 bits per heavy atom. The van der Waals surface area contributed by atoms with E-state index in [4.69, 9.17) is 4.98 Å². The molecule has 27 heavy (non-hydrogen) atoms. The summed E-state index contributed by atoms with van der Waals surface area (Å²) >= 11 is 1.49. The smallest absolute Gasteiger partial charge is 0.312 e. The lowest BCUT2D eigenvalue weighted by molar-refractivity contribution is 0.590. The van der Waals surface area contributed by atoms with Crippen LogP contribution in [-0.4, -0.2) is 19.5 Å². The third kappa shape index (κ3) is 3.36. The second kappa shape index (κ2) is 6.63. The van der Waals surface area contributed by atoms with Crippen LogP contribution in [0.2, 0.25) is 0 Å². The first-order chi connectivity index (χ1) is 12.9. The molecule has 3 heterocycles. The number of nitrogens with zero attached hydrogens (tertiary/aromatic N) is 3. The van der Waals surface area contributed by atoms with Crippen molar-refractivity contribution in [2.75, 3.05) is 0 Å². The summed E-state index contributed by atoms with van der Waals surface area (Å²) in [4.78, 5) is 24.6. The van der Waals surface area contributed by atoms with Crippen molar-refractivity contribution in [1.82, 2.24) is 19.5 Å². The number of aromatic nitrogens is 4. The first kappa shape index (κ1) is 17.4. The molecule has 136 valence electrons. The molecule has 0 fully saturated rings. The third-order valence-electron chi connectivity index (χ3n) is 4.44. The van der Waals surface area contributed by atoms with Gasteiger partial charge in [-0.25, -0.2) is 14.3 Å². The number of pyridine rings is 1. The Bertz CT molecular complexity index is 1120. The molecule has 1 N–H and O–H groups in total. The van der Waals surface area contributed by atoms with Gasteiger partial charge in [-0.3, -0.25) is 4.98 Å². The molecular weight excluding hydrogens is 356 g/mol. The van der Waals surface area contributed by atoms with Crippen LogP contribution in [0.15, 0.2) is 66.0 Å². The third-order valence-corrected chi connectivity index (χ3v) is 5.54. The van der Waals surface area contributed by atoms with Crippen LogP contribution in [0.4, 0.5) is 0 Å². The molecule has 0 saturated carbocycles. The molecule has 1 aromatic carbocycles. The van der Waals surface area contributed by atoms with E-state index in [1.54, 1.807) is 24.8 Å². The first-order valence-electron chi connectivity index (χ1n) is 8.72. The predicted octanol–water partition coefficient (Wildman–Crippen LogP) is 4.65. The predicted molar refractivity (Wildman–Crippen MR) is 109 cm³/mol. The van der Waals surface area contributed by atoms with Gasteiger partial charge in [0.1, 0.15) is 0 Å². The summed E-state index contributed by atoms with van der Waals surface area (Å²) in [6, 6.07) is 12.4. The Balaban J connectivity index is 1.87. The van der Waals surface area contributed by atoms with Gasteiger partial charge in [0.05, 0.1) is 10.6 Å². The summed E-state index contributed by atoms with van der Waals surface area (Å²) in [5.41, 5.74) is 4.11. The number of hydrogen-bond acceptors (Lipinski definition) is 4. The van der Waals surface area contributed by atoms with Gasteiger partial charge in [-0.1, -0.05) is 56.4 Å². The van der Waals surface area contributed by atoms with Crippen molar-refractivity contribution in [2.45, 2.75) is 26.2 Å². The van der Waals surface area contributed by atoms with Crippen LogP contribution in [0.25, 0.3) is 26.8 Å². The largest absolute Gasteiger partial charge is 0.331 e. The average molecular weight is 376 g/mol. The average Bonchev–Trinajstić information content (AvgIpc) is 3.28. The van der Waals surface area contributed by atoms with E-state index in [1.165, 1.54) is 21.5 Å². The van der Waals surface area contributed by atoms with Crippen molar-refractivity contribution >= 4 is 11.3 Å². The monoisotopic (exact) mass is 376 g/mol. The minimum absolute atomic E-state index is 0.0954. The van der Waals surface area contributed by atoms with Crippen molar-refractivity contribution < 1.29 is 0 Å². The summed E-state index contributed by atoms with van der Waals surface area (Å²) in [5.74, 6) is 0. The molecule has 0 spiro atoms. The molecule has 3 aromatic heterocycles. The van der Waals surface area contributed by atoms with Crippen LogP contribution in [0.3, 0.4) is 0 Å². The Kier molecular flexibility index (Phi) is 4.28. The van der Waals surface area contributed by atoms with Gasteiger partial charge in [-0.15, -0.1) is 0 Å². The van der Waals surface area contributed by atoms with E-state index < -0.39 is 0 Å². The van der Waals surface area contributed by atoms with Gasteiger partial charge in [-0.2, -0.15) is 0 Å². The van der Waals surface area contributed by atoms with E-state index in [-0.39, 0.29) is 11.1 Å². The molecule has 0 bridgehead atoms. The summed E-state index contributed by atoms with van der Waals surface area (Å²) in [6.45, 7) is 6.59. The highest BCUT2D eigenvalue weighted by Crippen LogP contribution is 2.38. The zero-order chi connectivity index (χ0) is 19.0. The van der Waals surface area contributed by atoms with Crippen molar-refractivity contribution in [3.63, 3.8) is 0 Å². The minimum Gasteiger partial charge on any atom is -0.312 e. The maximum absolute atomic E-state index is 12.0. The second-order valence-electron chi connectivity index (χ2n) is 7.37. The number of rotatable bonds is 3. The molecule has 5 nitrogen and oxygen atoms in total. The van der Waals surface area contributed by atoms with Crippen molar-refractivity contribution in [3.05, 3.63) is 77.2 Å². The number of H-pyrrole nitrogens is 1. The van der Waals surface area contributed by atoms with Gasteiger partial charge in [-0.05, 0) is 28.7 Å². The number of aromatic amines is 1. The number of thiazole rings is 1. The first-order valence-corrected chi connectivity index (χ1v) is 9.54. The molecule has 0 amide bonds. The topological polar surface area (TPSA) is 63.6 Å². The normalized spacial score (nSPS) is 11.7. The molecular formula is C21H20N4OS. The molecule has 4 aromatic rings. The molecule has 6 heteroatoms. The second-order valence-corrected chi connectivity index (χ2v) is 8.35. The molecule has 0 radical (unpaired) electrons. The Hall–Kier alpha value is -2.99. The zero-order valence-electron chi connectivity index (χ0n) is 15.4. The van der Waals surface area contributed by atoms with Crippen LogP contribution in [0.1, 0.15) is 26.3 Å². The maximum atomic E-state index is 12.0. The fraction of sp³-hybridized carbons (Fsp3) is 0.190. The van der Waals surface area contributed by atoms with Crippen LogP contribution >= 0.6 is 11.3 Å². The summed E-state index contributed by atoms with van der Waals surface area (Å²) in [5, 5.41) is 0.642. The Labute approximate surface area is 161 Å². The SMILES string of the molecule is CC(C)(C)c1ccc(-c2nc(-n3cc[nH]c3=O)sc2-c2ccncc2)cc1. The van der Waals surface area contributed by atoms with Crippen molar-refractivity contribution in [2.24, 2.45) is 0 Å². The highest BCUT2D eigenvalue weighted by atomic mass is 32.1. The summed E-state index contributed by atoms with van der Waals surface area (Å²) < 4.78 is 1.53. The lowest BCUT2D eigenvalue weighted by atomic mass is 9.86. The van der Waals surface area contributed by atoms with Gasteiger partial charge >= 0.3 is 5.69 Å². The number of hydrogen-bond donors (Lipinski definition) is 1. The van der Waals surface area contributed by atoms with E-state index in [0.717, 1.165) is 21.7 Å². The van der Waals surface area contributed by atoms with E-state index >= 15 is 0 Å². The highest BCUT2D eigenvalue weighted by molar-refractivity contribution is 7.18. The van der Waals surface area contributed by atoms with E-state index in [9.17, 15) is 4.79 Å². The van der Waals surface area contributed by atoms with E-state index in [0.29, 0.717) is 5.13 Å². The maximum Gasteiger partial charge on any atom is 0.331 e. The minimum atomic E-state index is -0.195. The Morgan fingerprint density at radius 1 is 1.00 bits per heavy atom. The highest BCUT2D eigenvalue weighted by Gasteiger charge is 2.18. The molecule has 0 aliphatic carbocycles. The number of nitrogens with one attached hydrogen (secondary N) is 1.